The Morgan fingerprint density at radius 1 is 0.943 bits per heavy atom. The summed E-state index contributed by atoms with van der Waals surface area (Å²) in [5.41, 5.74) is 0.855. The zero-order valence-electron chi connectivity index (χ0n) is 20.8. The Labute approximate surface area is 206 Å². The van der Waals surface area contributed by atoms with Crippen LogP contribution in [0.3, 0.4) is 0 Å². The van der Waals surface area contributed by atoms with Crippen molar-refractivity contribution in [2.45, 2.75) is 65.1 Å². The average molecular weight is 483 g/mol. The highest BCUT2D eigenvalue weighted by molar-refractivity contribution is 5.97. The van der Waals surface area contributed by atoms with E-state index in [9.17, 15) is 14.4 Å². The van der Waals surface area contributed by atoms with E-state index in [2.05, 4.69) is 19.2 Å². The molecule has 3 rings (SSSR count). The Kier molecular flexibility index (Phi) is 9.11. The molecule has 0 saturated carbocycles. The fourth-order valence-corrected chi connectivity index (χ4v) is 4.15. The summed E-state index contributed by atoms with van der Waals surface area (Å²) in [4.78, 5) is 39.4. The van der Waals surface area contributed by atoms with Crippen molar-refractivity contribution in [1.29, 1.82) is 0 Å². The number of hydrogen-bond acceptors (Lipinski definition) is 6. The monoisotopic (exact) mass is 482 g/mol. The van der Waals surface area contributed by atoms with Gasteiger partial charge in [-0.05, 0) is 95.5 Å². The molecule has 0 aliphatic carbocycles. The zero-order valence-corrected chi connectivity index (χ0v) is 20.8. The van der Waals surface area contributed by atoms with Gasteiger partial charge in [-0.1, -0.05) is 0 Å². The molecule has 8 heteroatoms. The highest BCUT2D eigenvalue weighted by Crippen LogP contribution is 2.23. The van der Waals surface area contributed by atoms with Gasteiger partial charge in [0.25, 0.3) is 11.8 Å². The van der Waals surface area contributed by atoms with E-state index >= 15 is 0 Å². The molecule has 1 aliphatic rings. The van der Waals surface area contributed by atoms with Gasteiger partial charge in [0.15, 0.2) is 12.7 Å². The van der Waals surface area contributed by atoms with Gasteiger partial charge in [0.1, 0.15) is 11.5 Å². The quantitative estimate of drug-likeness (QED) is 0.531. The largest absolute Gasteiger partial charge is 0.494 e. The van der Waals surface area contributed by atoms with E-state index in [1.165, 1.54) is 6.92 Å². The van der Waals surface area contributed by atoms with Crippen molar-refractivity contribution in [2.24, 2.45) is 0 Å². The Morgan fingerprint density at radius 2 is 1.51 bits per heavy atom. The van der Waals surface area contributed by atoms with Crippen LogP contribution in [0.5, 0.6) is 11.5 Å². The molecule has 2 aromatic rings. The van der Waals surface area contributed by atoms with E-state index in [0.717, 1.165) is 19.3 Å². The number of esters is 1. The van der Waals surface area contributed by atoms with Gasteiger partial charge in [-0.15, -0.1) is 0 Å². The van der Waals surface area contributed by atoms with Crippen molar-refractivity contribution in [2.75, 3.05) is 18.5 Å². The molecule has 3 atom stereocenters. The minimum Gasteiger partial charge on any atom is -0.494 e. The Bertz CT molecular complexity index is 995. The van der Waals surface area contributed by atoms with Crippen molar-refractivity contribution in [3.63, 3.8) is 0 Å². The summed E-state index contributed by atoms with van der Waals surface area (Å²) in [5, 5.41) is 2.71. The topological polar surface area (TPSA) is 94.2 Å². The molecule has 1 saturated heterocycles. The second-order valence-corrected chi connectivity index (χ2v) is 8.74. The third-order valence-electron chi connectivity index (χ3n) is 6.02. The number of rotatable bonds is 9. The number of ether oxygens (including phenoxy) is 3. The van der Waals surface area contributed by atoms with Crippen LogP contribution in [0.4, 0.5) is 5.69 Å². The van der Waals surface area contributed by atoms with Crippen LogP contribution in [0, 0.1) is 0 Å². The highest BCUT2D eigenvalue weighted by Gasteiger charge is 2.29. The van der Waals surface area contributed by atoms with Crippen LogP contribution in [0.1, 0.15) is 57.3 Å². The number of likely N-dealkylation sites (tertiary alicyclic amines) is 1. The van der Waals surface area contributed by atoms with Crippen molar-refractivity contribution in [3.8, 4) is 11.5 Å². The van der Waals surface area contributed by atoms with Gasteiger partial charge in [0, 0.05) is 17.8 Å². The Hall–Kier alpha value is -3.55. The zero-order chi connectivity index (χ0) is 25.4. The van der Waals surface area contributed by atoms with Gasteiger partial charge in [0.05, 0.1) is 12.2 Å². The summed E-state index contributed by atoms with van der Waals surface area (Å²) >= 11 is 0. The number of piperidine rings is 1. The predicted molar refractivity (Wildman–Crippen MR) is 133 cm³/mol. The minimum absolute atomic E-state index is 0.0412. The number of carbonyl (C=O) groups excluding carboxylic acids is 3. The van der Waals surface area contributed by atoms with E-state index in [-0.39, 0.29) is 30.2 Å². The SMILES string of the molecule is CCOc1ccc(NC(=O)C(C)OC(=O)c2ccc(OCC(=O)N3C(C)CCCC3C)cc2)cc1. The lowest BCUT2D eigenvalue weighted by Gasteiger charge is -2.38. The lowest BCUT2D eigenvalue weighted by molar-refractivity contribution is -0.139. The number of carbonyl (C=O) groups is 3. The van der Waals surface area contributed by atoms with Gasteiger partial charge in [-0.25, -0.2) is 4.79 Å². The first-order valence-electron chi connectivity index (χ1n) is 12.1. The van der Waals surface area contributed by atoms with Crippen molar-refractivity contribution < 1.29 is 28.6 Å². The standard InChI is InChI=1S/C27H34N2O6/c1-5-33-23-15-11-22(12-16-23)28-26(31)20(4)35-27(32)21-9-13-24(14-10-21)34-17-25(30)29-18(2)7-6-8-19(29)3/h9-16,18-20H,5-8,17H2,1-4H3,(H,28,31). The van der Waals surface area contributed by atoms with E-state index in [4.69, 9.17) is 14.2 Å². The molecule has 0 radical (unpaired) electrons. The maximum absolute atomic E-state index is 12.6. The molecular weight excluding hydrogens is 448 g/mol. The van der Waals surface area contributed by atoms with Crippen LogP contribution in [0.2, 0.25) is 0 Å². The second kappa shape index (κ2) is 12.2. The van der Waals surface area contributed by atoms with Gasteiger partial charge in [0.2, 0.25) is 0 Å². The number of amides is 2. The Balaban J connectivity index is 1.48. The number of nitrogens with zero attached hydrogens (tertiary/aromatic N) is 1. The van der Waals surface area contributed by atoms with E-state index < -0.39 is 18.0 Å². The third-order valence-corrected chi connectivity index (χ3v) is 6.02. The first kappa shape index (κ1) is 26.1. The van der Waals surface area contributed by atoms with Gasteiger partial charge in [-0.2, -0.15) is 0 Å². The normalized spacial score (nSPS) is 18.3. The molecule has 1 fully saturated rings. The molecule has 35 heavy (non-hydrogen) atoms. The van der Waals surface area contributed by atoms with E-state index in [1.54, 1.807) is 48.5 Å². The third kappa shape index (κ3) is 7.21. The summed E-state index contributed by atoms with van der Waals surface area (Å²) in [5.74, 6) is 0.0755. The van der Waals surface area contributed by atoms with Crippen LogP contribution in [-0.4, -0.2) is 54.1 Å². The fraction of sp³-hybridized carbons (Fsp3) is 0.444. The first-order valence-corrected chi connectivity index (χ1v) is 12.1. The molecule has 1 heterocycles. The summed E-state index contributed by atoms with van der Waals surface area (Å²) < 4.78 is 16.3. The van der Waals surface area contributed by atoms with Crippen molar-refractivity contribution in [1.82, 2.24) is 4.90 Å². The molecule has 1 N–H and O–H groups in total. The molecule has 0 bridgehead atoms. The number of anilines is 1. The van der Waals surface area contributed by atoms with Gasteiger partial charge in [-0.3, -0.25) is 9.59 Å². The number of benzene rings is 2. The van der Waals surface area contributed by atoms with E-state index in [1.807, 2.05) is 11.8 Å². The van der Waals surface area contributed by atoms with Crippen LogP contribution >= 0.6 is 0 Å². The predicted octanol–water partition coefficient (Wildman–Crippen LogP) is 4.44. The number of hydrogen-bond donors (Lipinski definition) is 1. The lowest BCUT2D eigenvalue weighted by Crippen LogP contribution is -2.49. The lowest BCUT2D eigenvalue weighted by atomic mass is 9.97. The molecule has 0 aromatic heterocycles. The molecule has 2 amide bonds. The maximum atomic E-state index is 12.6. The molecule has 1 aliphatic heterocycles. The summed E-state index contributed by atoms with van der Waals surface area (Å²) in [6.07, 6.45) is 2.15. The maximum Gasteiger partial charge on any atom is 0.338 e. The highest BCUT2D eigenvalue weighted by atomic mass is 16.5. The van der Waals surface area contributed by atoms with E-state index in [0.29, 0.717) is 23.8 Å². The minimum atomic E-state index is -0.990. The van der Waals surface area contributed by atoms with Crippen LogP contribution in [-0.2, 0) is 14.3 Å². The van der Waals surface area contributed by atoms with Gasteiger partial charge >= 0.3 is 5.97 Å². The smallest absolute Gasteiger partial charge is 0.338 e. The average Bonchev–Trinajstić information content (AvgIpc) is 2.84. The van der Waals surface area contributed by atoms with Crippen molar-refractivity contribution >= 4 is 23.5 Å². The second-order valence-electron chi connectivity index (χ2n) is 8.74. The molecule has 8 nitrogen and oxygen atoms in total. The Morgan fingerprint density at radius 3 is 2.11 bits per heavy atom. The number of nitrogens with one attached hydrogen (secondary N) is 1. The molecule has 2 aromatic carbocycles. The van der Waals surface area contributed by atoms with Crippen molar-refractivity contribution in [3.05, 3.63) is 54.1 Å². The van der Waals surface area contributed by atoms with Crippen LogP contribution in [0.15, 0.2) is 48.5 Å². The van der Waals surface area contributed by atoms with Crippen LogP contribution in [0.25, 0.3) is 0 Å². The molecule has 188 valence electrons. The fourth-order valence-electron chi connectivity index (χ4n) is 4.15. The van der Waals surface area contributed by atoms with Gasteiger partial charge < -0.3 is 24.4 Å². The first-order chi connectivity index (χ1) is 16.8. The summed E-state index contributed by atoms with van der Waals surface area (Å²) in [7, 11) is 0. The molecule has 0 spiro atoms. The molecule has 3 unspecified atom stereocenters. The summed E-state index contributed by atoms with van der Waals surface area (Å²) in [6.45, 7) is 8.03. The summed E-state index contributed by atoms with van der Waals surface area (Å²) in [6, 6.07) is 13.7. The molecular formula is C27H34N2O6. The van der Waals surface area contributed by atoms with Crippen LogP contribution < -0.4 is 14.8 Å².